The van der Waals surface area contributed by atoms with Crippen LogP contribution in [0.1, 0.15) is 23.1 Å². The molecule has 3 aromatic rings. The van der Waals surface area contributed by atoms with Crippen molar-refractivity contribution in [1.29, 1.82) is 0 Å². The van der Waals surface area contributed by atoms with Crippen molar-refractivity contribution in [3.05, 3.63) is 77.5 Å². The second-order valence-corrected chi connectivity index (χ2v) is 7.90. The van der Waals surface area contributed by atoms with E-state index in [0.717, 1.165) is 18.2 Å². The number of pyridine rings is 1. The SMILES string of the molecule is OCc1cc(-c2ccccc2C(F)(F)F)ccc1N1CCC(Oc2ccc(C(F)(F)F)cn2)C1. The van der Waals surface area contributed by atoms with Gasteiger partial charge in [0.05, 0.1) is 24.3 Å². The molecular weight excluding hydrogens is 462 g/mol. The first-order chi connectivity index (χ1) is 16.1. The highest BCUT2D eigenvalue weighted by molar-refractivity contribution is 5.72. The van der Waals surface area contributed by atoms with Crippen LogP contribution in [0.25, 0.3) is 11.1 Å². The summed E-state index contributed by atoms with van der Waals surface area (Å²) in [5.74, 6) is 0.0707. The summed E-state index contributed by atoms with van der Waals surface area (Å²) in [5, 5.41) is 9.89. The minimum atomic E-state index is -4.51. The molecule has 4 rings (SSSR count). The Balaban J connectivity index is 1.51. The second kappa shape index (κ2) is 9.17. The molecule has 1 aliphatic heterocycles. The summed E-state index contributed by atoms with van der Waals surface area (Å²) in [6, 6.07) is 12.1. The number of anilines is 1. The van der Waals surface area contributed by atoms with E-state index in [0.29, 0.717) is 42.5 Å². The fraction of sp³-hybridized carbons (Fsp3) is 0.292. The number of aromatic nitrogens is 1. The molecule has 0 saturated carbocycles. The number of benzene rings is 2. The Kier molecular flexibility index (Phi) is 6.44. The first-order valence-electron chi connectivity index (χ1n) is 10.4. The molecular formula is C24H20F6N2O2. The van der Waals surface area contributed by atoms with Crippen molar-refractivity contribution >= 4 is 5.69 Å². The fourth-order valence-electron chi connectivity index (χ4n) is 4.00. The van der Waals surface area contributed by atoms with Crippen LogP contribution in [0.2, 0.25) is 0 Å². The van der Waals surface area contributed by atoms with E-state index in [1.807, 2.05) is 4.90 Å². The third kappa shape index (κ3) is 5.11. The van der Waals surface area contributed by atoms with Gasteiger partial charge in [-0.25, -0.2) is 4.98 Å². The van der Waals surface area contributed by atoms with Crippen molar-refractivity contribution in [2.45, 2.75) is 31.5 Å². The standard InChI is InChI=1S/C24H20F6N2O2/c25-23(26,27)17-6-8-22(31-12-17)34-18-9-10-32(13-18)21-7-5-15(11-16(21)14-33)19-3-1-2-4-20(19)24(28,29)30/h1-8,11-12,18,33H,9-10,13-14H2. The zero-order valence-corrected chi connectivity index (χ0v) is 17.7. The zero-order valence-electron chi connectivity index (χ0n) is 17.7. The predicted octanol–water partition coefficient (Wildman–Crippen LogP) is 5.94. The van der Waals surface area contributed by atoms with Crippen molar-refractivity contribution in [1.82, 2.24) is 4.98 Å². The van der Waals surface area contributed by atoms with E-state index in [9.17, 15) is 31.4 Å². The van der Waals surface area contributed by atoms with Crippen molar-refractivity contribution in [3.63, 3.8) is 0 Å². The summed E-state index contributed by atoms with van der Waals surface area (Å²) in [6.07, 6.45) is -8.07. The van der Waals surface area contributed by atoms with Crippen LogP contribution in [0, 0.1) is 0 Å². The molecule has 2 heterocycles. The molecule has 34 heavy (non-hydrogen) atoms. The molecule has 1 unspecified atom stereocenters. The highest BCUT2D eigenvalue weighted by Gasteiger charge is 2.34. The van der Waals surface area contributed by atoms with Crippen LogP contribution in [0.4, 0.5) is 32.0 Å². The van der Waals surface area contributed by atoms with Gasteiger partial charge in [-0.1, -0.05) is 24.3 Å². The average Bonchev–Trinajstić information content (AvgIpc) is 3.26. The number of aliphatic hydroxyl groups is 1. The van der Waals surface area contributed by atoms with E-state index in [-0.39, 0.29) is 24.2 Å². The van der Waals surface area contributed by atoms with Gasteiger partial charge in [-0.05, 0) is 35.4 Å². The minimum absolute atomic E-state index is 0.0206. The maximum absolute atomic E-state index is 13.4. The Morgan fingerprint density at radius 2 is 1.74 bits per heavy atom. The van der Waals surface area contributed by atoms with E-state index in [2.05, 4.69) is 4.98 Å². The van der Waals surface area contributed by atoms with E-state index >= 15 is 0 Å². The maximum Gasteiger partial charge on any atom is 0.417 e. The van der Waals surface area contributed by atoms with Gasteiger partial charge in [-0.3, -0.25) is 0 Å². The highest BCUT2D eigenvalue weighted by atomic mass is 19.4. The van der Waals surface area contributed by atoms with Gasteiger partial charge >= 0.3 is 12.4 Å². The lowest BCUT2D eigenvalue weighted by Crippen LogP contribution is -2.25. The lowest BCUT2D eigenvalue weighted by Gasteiger charge is -2.23. The van der Waals surface area contributed by atoms with Crippen molar-refractivity contribution in [2.75, 3.05) is 18.0 Å². The zero-order chi connectivity index (χ0) is 24.5. The quantitative estimate of drug-likeness (QED) is 0.458. The molecule has 4 nitrogen and oxygen atoms in total. The van der Waals surface area contributed by atoms with Gasteiger partial charge in [0.25, 0.3) is 0 Å². The molecule has 0 amide bonds. The topological polar surface area (TPSA) is 45.6 Å². The molecule has 1 aromatic heterocycles. The molecule has 10 heteroatoms. The summed E-state index contributed by atoms with van der Waals surface area (Å²) in [7, 11) is 0. The van der Waals surface area contributed by atoms with Gasteiger partial charge in [0.15, 0.2) is 0 Å². The third-order valence-electron chi connectivity index (χ3n) is 5.63. The Morgan fingerprint density at radius 3 is 2.38 bits per heavy atom. The van der Waals surface area contributed by atoms with Gasteiger partial charge in [-0.2, -0.15) is 26.3 Å². The Labute approximate surface area is 191 Å². The van der Waals surface area contributed by atoms with Crippen molar-refractivity contribution in [2.24, 2.45) is 0 Å². The number of rotatable bonds is 5. The summed E-state index contributed by atoms with van der Waals surface area (Å²) in [6.45, 7) is 0.546. The molecule has 1 aliphatic rings. The van der Waals surface area contributed by atoms with Crippen molar-refractivity contribution < 1.29 is 36.2 Å². The van der Waals surface area contributed by atoms with Crippen LogP contribution in [0.3, 0.4) is 0 Å². The summed E-state index contributed by atoms with van der Waals surface area (Å²) >= 11 is 0. The minimum Gasteiger partial charge on any atom is -0.472 e. The van der Waals surface area contributed by atoms with Crippen LogP contribution >= 0.6 is 0 Å². The van der Waals surface area contributed by atoms with E-state index < -0.39 is 23.5 Å². The van der Waals surface area contributed by atoms with E-state index in [4.69, 9.17) is 4.74 Å². The monoisotopic (exact) mass is 482 g/mol. The molecule has 1 N–H and O–H groups in total. The normalized spacial score (nSPS) is 16.7. The Hall–Kier alpha value is -3.27. The van der Waals surface area contributed by atoms with Gasteiger partial charge < -0.3 is 14.7 Å². The van der Waals surface area contributed by atoms with Crippen LogP contribution in [0.5, 0.6) is 5.88 Å². The van der Waals surface area contributed by atoms with Crippen LogP contribution in [-0.2, 0) is 19.0 Å². The number of halogens is 6. The van der Waals surface area contributed by atoms with Gasteiger partial charge in [0.2, 0.25) is 5.88 Å². The third-order valence-corrected chi connectivity index (χ3v) is 5.63. The van der Waals surface area contributed by atoms with E-state index in [1.165, 1.54) is 24.3 Å². The highest BCUT2D eigenvalue weighted by Crippen LogP contribution is 2.38. The Morgan fingerprint density at radius 1 is 0.971 bits per heavy atom. The maximum atomic E-state index is 13.4. The smallest absolute Gasteiger partial charge is 0.417 e. The van der Waals surface area contributed by atoms with Gasteiger partial charge in [-0.15, -0.1) is 0 Å². The largest absolute Gasteiger partial charge is 0.472 e. The molecule has 2 aromatic carbocycles. The number of ether oxygens (including phenoxy) is 1. The number of nitrogens with zero attached hydrogens (tertiary/aromatic N) is 2. The lowest BCUT2D eigenvalue weighted by atomic mass is 9.97. The first kappa shape index (κ1) is 23.9. The predicted molar refractivity (Wildman–Crippen MR) is 113 cm³/mol. The van der Waals surface area contributed by atoms with Gasteiger partial charge in [0.1, 0.15) is 6.10 Å². The molecule has 0 spiro atoms. The summed E-state index contributed by atoms with van der Waals surface area (Å²) < 4.78 is 84.0. The average molecular weight is 482 g/mol. The Bertz CT molecular complexity index is 1150. The van der Waals surface area contributed by atoms with Crippen LogP contribution in [-0.4, -0.2) is 29.3 Å². The second-order valence-electron chi connectivity index (χ2n) is 7.90. The van der Waals surface area contributed by atoms with E-state index in [1.54, 1.807) is 12.1 Å². The number of alkyl halides is 6. The number of aliphatic hydroxyl groups excluding tert-OH is 1. The van der Waals surface area contributed by atoms with Crippen molar-refractivity contribution in [3.8, 4) is 17.0 Å². The number of hydrogen-bond acceptors (Lipinski definition) is 4. The van der Waals surface area contributed by atoms with Crippen LogP contribution < -0.4 is 9.64 Å². The first-order valence-corrected chi connectivity index (χ1v) is 10.4. The molecule has 0 radical (unpaired) electrons. The summed E-state index contributed by atoms with van der Waals surface area (Å²) in [5.41, 5.74) is -0.156. The lowest BCUT2D eigenvalue weighted by molar-refractivity contribution is -0.138. The molecule has 0 aliphatic carbocycles. The molecule has 1 fully saturated rings. The van der Waals surface area contributed by atoms with Crippen LogP contribution in [0.15, 0.2) is 60.8 Å². The fourth-order valence-corrected chi connectivity index (χ4v) is 4.00. The number of hydrogen-bond donors (Lipinski definition) is 1. The summed E-state index contributed by atoms with van der Waals surface area (Å²) in [4.78, 5) is 5.64. The molecule has 1 saturated heterocycles. The van der Waals surface area contributed by atoms with Gasteiger partial charge in [0, 0.05) is 36.5 Å². The molecule has 180 valence electrons. The molecule has 0 bridgehead atoms. The molecule has 1 atom stereocenters.